The van der Waals surface area contributed by atoms with Crippen LogP contribution in [0.3, 0.4) is 0 Å². The second-order valence-electron chi connectivity index (χ2n) is 4.64. The summed E-state index contributed by atoms with van der Waals surface area (Å²) in [5.41, 5.74) is 0.445. The molecule has 2 aromatic heterocycles. The highest BCUT2D eigenvalue weighted by atomic mass is 32.2. The smallest absolute Gasteiger partial charge is 0.258 e. The minimum Gasteiger partial charge on any atom is -0.258 e. The van der Waals surface area contributed by atoms with Crippen LogP contribution in [0.1, 0.15) is 5.69 Å². The maximum Gasteiger partial charge on any atom is 0.287 e. The molecule has 0 radical (unpaired) electrons. The quantitative estimate of drug-likeness (QED) is 0.373. The van der Waals surface area contributed by atoms with E-state index in [1.807, 2.05) is 0 Å². The van der Waals surface area contributed by atoms with Crippen LogP contribution in [-0.4, -0.2) is 14.9 Å². The Labute approximate surface area is 143 Å². The number of halogens is 2. The van der Waals surface area contributed by atoms with Crippen LogP contribution in [0.25, 0.3) is 10.6 Å². The standard InChI is InChI=1S/C15H9F2N3O2S2/c16-11-2-1-3-12(17)14(11)15-19-9(8-24-15)7-23-13-5-4-10(6-18-13)20(21)22/h1-6,8H,7H2. The van der Waals surface area contributed by atoms with E-state index in [0.29, 0.717) is 16.5 Å². The van der Waals surface area contributed by atoms with E-state index in [4.69, 9.17) is 0 Å². The first-order chi connectivity index (χ1) is 11.5. The number of hydrogen-bond donors (Lipinski definition) is 0. The molecule has 9 heteroatoms. The Hall–Kier alpha value is -2.39. The molecule has 122 valence electrons. The summed E-state index contributed by atoms with van der Waals surface area (Å²) >= 11 is 2.49. The van der Waals surface area contributed by atoms with Crippen molar-refractivity contribution in [2.45, 2.75) is 10.8 Å². The molecule has 0 bridgehead atoms. The largest absolute Gasteiger partial charge is 0.287 e. The lowest BCUT2D eigenvalue weighted by atomic mass is 10.2. The highest BCUT2D eigenvalue weighted by molar-refractivity contribution is 7.98. The molecular formula is C15H9F2N3O2S2. The number of rotatable bonds is 5. The first kappa shape index (κ1) is 16.5. The molecule has 0 N–H and O–H groups in total. The first-order valence-corrected chi connectivity index (χ1v) is 8.53. The monoisotopic (exact) mass is 365 g/mol. The number of pyridine rings is 1. The van der Waals surface area contributed by atoms with Gasteiger partial charge in [-0.15, -0.1) is 11.3 Å². The van der Waals surface area contributed by atoms with Crippen LogP contribution in [-0.2, 0) is 5.75 Å². The van der Waals surface area contributed by atoms with Gasteiger partial charge in [-0.05, 0) is 18.2 Å². The molecule has 0 amide bonds. The molecule has 0 atom stereocenters. The van der Waals surface area contributed by atoms with E-state index in [0.717, 1.165) is 11.3 Å². The number of benzene rings is 1. The zero-order valence-corrected chi connectivity index (χ0v) is 13.6. The molecule has 1 aromatic carbocycles. The van der Waals surface area contributed by atoms with Gasteiger partial charge in [-0.2, -0.15) is 0 Å². The topological polar surface area (TPSA) is 68.9 Å². The number of aromatic nitrogens is 2. The van der Waals surface area contributed by atoms with Crippen molar-refractivity contribution < 1.29 is 13.7 Å². The van der Waals surface area contributed by atoms with Gasteiger partial charge in [0.15, 0.2) is 0 Å². The van der Waals surface area contributed by atoms with Crippen molar-refractivity contribution in [2.75, 3.05) is 0 Å². The van der Waals surface area contributed by atoms with Gasteiger partial charge in [0.25, 0.3) is 5.69 Å². The molecule has 2 heterocycles. The predicted octanol–water partition coefficient (Wildman–Crippen LogP) is 4.68. The van der Waals surface area contributed by atoms with Crippen molar-refractivity contribution >= 4 is 28.8 Å². The molecule has 0 aliphatic heterocycles. The van der Waals surface area contributed by atoms with Crippen LogP contribution in [0.4, 0.5) is 14.5 Å². The number of thioether (sulfide) groups is 1. The lowest BCUT2D eigenvalue weighted by Crippen LogP contribution is -1.91. The molecule has 5 nitrogen and oxygen atoms in total. The van der Waals surface area contributed by atoms with E-state index in [1.54, 1.807) is 11.4 Å². The van der Waals surface area contributed by atoms with E-state index >= 15 is 0 Å². The summed E-state index contributed by atoms with van der Waals surface area (Å²) in [7, 11) is 0. The summed E-state index contributed by atoms with van der Waals surface area (Å²) < 4.78 is 27.5. The van der Waals surface area contributed by atoms with Crippen molar-refractivity contribution in [3.8, 4) is 10.6 Å². The second-order valence-corrected chi connectivity index (χ2v) is 6.49. The van der Waals surface area contributed by atoms with Gasteiger partial charge in [0.2, 0.25) is 0 Å². The van der Waals surface area contributed by atoms with Crippen molar-refractivity contribution in [3.05, 3.63) is 69.4 Å². The third kappa shape index (κ3) is 3.57. The van der Waals surface area contributed by atoms with Crippen molar-refractivity contribution in [1.29, 1.82) is 0 Å². The van der Waals surface area contributed by atoms with Crippen LogP contribution in [0.2, 0.25) is 0 Å². The Kier molecular flexibility index (Phi) is 4.81. The fourth-order valence-electron chi connectivity index (χ4n) is 1.90. The van der Waals surface area contributed by atoms with Gasteiger partial charge in [-0.3, -0.25) is 10.1 Å². The van der Waals surface area contributed by atoms with E-state index in [2.05, 4.69) is 9.97 Å². The Morgan fingerprint density at radius 2 is 1.96 bits per heavy atom. The van der Waals surface area contributed by atoms with Crippen LogP contribution in [0, 0.1) is 21.7 Å². The summed E-state index contributed by atoms with van der Waals surface area (Å²) in [5, 5.41) is 13.2. The average molecular weight is 365 g/mol. The van der Waals surface area contributed by atoms with Crippen molar-refractivity contribution in [2.24, 2.45) is 0 Å². The molecule has 0 aliphatic rings. The minimum absolute atomic E-state index is 0.0784. The Bertz CT molecular complexity index is 864. The molecule has 0 saturated heterocycles. The summed E-state index contributed by atoms with van der Waals surface area (Å²) in [6.45, 7) is 0. The van der Waals surface area contributed by atoms with Crippen LogP contribution in [0.15, 0.2) is 46.9 Å². The molecule has 0 aliphatic carbocycles. The minimum atomic E-state index is -0.652. The molecule has 3 aromatic rings. The van der Waals surface area contributed by atoms with Crippen LogP contribution in [0.5, 0.6) is 0 Å². The van der Waals surface area contributed by atoms with E-state index in [1.165, 1.54) is 42.2 Å². The van der Waals surface area contributed by atoms with Gasteiger partial charge < -0.3 is 0 Å². The number of thiazole rings is 1. The maximum atomic E-state index is 13.8. The molecule has 24 heavy (non-hydrogen) atoms. The van der Waals surface area contributed by atoms with E-state index in [-0.39, 0.29) is 16.3 Å². The number of hydrogen-bond acceptors (Lipinski definition) is 6. The number of nitro groups is 1. The third-order valence-electron chi connectivity index (χ3n) is 3.03. The highest BCUT2D eigenvalue weighted by Gasteiger charge is 2.15. The lowest BCUT2D eigenvalue weighted by Gasteiger charge is -2.00. The summed E-state index contributed by atoms with van der Waals surface area (Å²) in [4.78, 5) is 18.3. The fourth-order valence-corrected chi connectivity index (χ4v) is 3.61. The lowest BCUT2D eigenvalue weighted by molar-refractivity contribution is -0.385. The van der Waals surface area contributed by atoms with Crippen molar-refractivity contribution in [3.63, 3.8) is 0 Å². The zero-order chi connectivity index (χ0) is 17.1. The Morgan fingerprint density at radius 1 is 1.21 bits per heavy atom. The predicted molar refractivity (Wildman–Crippen MR) is 87.9 cm³/mol. The molecule has 0 unspecified atom stereocenters. The van der Waals surface area contributed by atoms with Gasteiger partial charge in [0, 0.05) is 17.2 Å². The highest BCUT2D eigenvalue weighted by Crippen LogP contribution is 2.31. The molecule has 0 spiro atoms. The van der Waals surface area contributed by atoms with Gasteiger partial charge in [-0.25, -0.2) is 18.7 Å². The maximum absolute atomic E-state index is 13.8. The summed E-state index contributed by atoms with van der Waals surface area (Å²) in [6, 6.07) is 6.60. The van der Waals surface area contributed by atoms with E-state index < -0.39 is 16.6 Å². The Morgan fingerprint density at radius 3 is 2.58 bits per heavy atom. The van der Waals surface area contributed by atoms with Gasteiger partial charge in [0.1, 0.15) is 22.8 Å². The van der Waals surface area contributed by atoms with Gasteiger partial charge in [-0.1, -0.05) is 17.8 Å². The molecule has 0 fully saturated rings. The van der Waals surface area contributed by atoms with Gasteiger partial charge >= 0.3 is 0 Å². The normalized spacial score (nSPS) is 10.8. The average Bonchev–Trinajstić information content (AvgIpc) is 3.02. The summed E-state index contributed by atoms with van der Waals surface area (Å²) in [5.74, 6) is -0.863. The Balaban J connectivity index is 1.71. The molecular weight excluding hydrogens is 356 g/mol. The van der Waals surface area contributed by atoms with E-state index in [9.17, 15) is 18.9 Å². The first-order valence-electron chi connectivity index (χ1n) is 6.66. The zero-order valence-electron chi connectivity index (χ0n) is 12.0. The van der Waals surface area contributed by atoms with Crippen molar-refractivity contribution in [1.82, 2.24) is 9.97 Å². The summed E-state index contributed by atoms with van der Waals surface area (Å²) in [6.07, 6.45) is 1.18. The van der Waals surface area contributed by atoms with Crippen LogP contribution >= 0.6 is 23.1 Å². The van der Waals surface area contributed by atoms with Gasteiger partial charge in [0.05, 0.1) is 21.2 Å². The SMILES string of the molecule is O=[N+]([O-])c1ccc(SCc2csc(-c3c(F)cccc3F)n2)nc1. The van der Waals surface area contributed by atoms with Crippen LogP contribution < -0.4 is 0 Å². The molecule has 3 rings (SSSR count). The molecule has 0 saturated carbocycles. The third-order valence-corrected chi connectivity index (χ3v) is 4.91. The second kappa shape index (κ2) is 7.02. The fraction of sp³-hybridized carbons (Fsp3) is 0.0667. The number of nitrogens with zero attached hydrogens (tertiary/aromatic N) is 3.